The number of aliphatic hydroxyl groups excluding tert-OH is 2. The van der Waals surface area contributed by atoms with Gasteiger partial charge in [-0.1, -0.05) is 155 Å². The third-order valence-electron chi connectivity index (χ3n) is 13.4. The number of aliphatic hydroxyl groups is 2. The van der Waals surface area contributed by atoms with Gasteiger partial charge in [-0.15, -0.1) is 9.29 Å². The molecule has 0 fully saturated rings. The number of likely N-dealkylation sites (N-methyl/N-ethyl adjacent to an activating group) is 2. The molecule has 454 valence electrons. The van der Waals surface area contributed by atoms with Crippen LogP contribution in [0.4, 0.5) is 0 Å². The lowest BCUT2D eigenvalue weighted by Crippen LogP contribution is -2.47. The molecule has 16 heteroatoms. The normalized spacial score (nSPS) is 13.5. The predicted molar refractivity (Wildman–Crippen MR) is 307 cm³/mol. The topological polar surface area (TPSA) is 198 Å². The van der Waals surface area contributed by atoms with Gasteiger partial charge >= 0.3 is 35.8 Å². The number of nitrogens with zero attached hydrogens (tertiary/aromatic N) is 2. The summed E-state index contributed by atoms with van der Waals surface area (Å²) in [7, 11) is 6.55. The van der Waals surface area contributed by atoms with Gasteiger partial charge in [0.2, 0.25) is 13.1 Å². The van der Waals surface area contributed by atoms with Crippen molar-refractivity contribution in [2.45, 2.75) is 283 Å². The van der Waals surface area contributed by atoms with Crippen LogP contribution in [-0.4, -0.2) is 134 Å². The van der Waals surface area contributed by atoms with Crippen molar-refractivity contribution in [1.82, 2.24) is 0 Å². The van der Waals surface area contributed by atoms with Crippen molar-refractivity contribution in [2.75, 3.05) is 54.5 Å². The first-order valence-electron chi connectivity index (χ1n) is 30.9. The number of carbonyl (C=O) groups excluding carboxylic acids is 6. The van der Waals surface area contributed by atoms with Crippen LogP contribution < -0.4 is 0 Å². The van der Waals surface area contributed by atoms with Gasteiger partial charge in [0, 0.05) is 12.8 Å². The fourth-order valence-electron chi connectivity index (χ4n) is 8.92. The van der Waals surface area contributed by atoms with Crippen LogP contribution in [0.25, 0.3) is 0 Å². The van der Waals surface area contributed by atoms with E-state index in [0.717, 1.165) is 167 Å². The Morgan fingerprint density at radius 3 is 1.05 bits per heavy atom. The van der Waals surface area contributed by atoms with Crippen molar-refractivity contribution in [3.63, 3.8) is 0 Å². The summed E-state index contributed by atoms with van der Waals surface area (Å²) in [4.78, 5) is 84.6. The van der Waals surface area contributed by atoms with Crippen molar-refractivity contribution in [3.05, 3.63) is 24.3 Å². The number of hydroxylamine groups is 6. The number of carbonyl (C=O) groups is 6. The van der Waals surface area contributed by atoms with Crippen LogP contribution in [0.2, 0.25) is 0 Å². The molecule has 0 spiro atoms. The van der Waals surface area contributed by atoms with E-state index in [1.807, 2.05) is 26.0 Å². The van der Waals surface area contributed by atoms with Crippen molar-refractivity contribution < 1.29 is 76.9 Å². The Labute approximate surface area is 473 Å². The highest BCUT2D eigenvalue weighted by Gasteiger charge is 2.32. The van der Waals surface area contributed by atoms with Crippen molar-refractivity contribution in [3.8, 4) is 0 Å². The predicted octanol–water partition coefficient (Wildman–Crippen LogP) is 12.9. The minimum absolute atomic E-state index is 0.113. The zero-order valence-corrected chi connectivity index (χ0v) is 50.6. The Hall–Kier alpha value is -3.86. The van der Waals surface area contributed by atoms with E-state index in [1.54, 1.807) is 28.2 Å². The number of quaternary nitrogens is 2. The lowest BCUT2D eigenvalue weighted by molar-refractivity contribution is -1.05. The second-order valence-corrected chi connectivity index (χ2v) is 22.4. The summed E-state index contributed by atoms with van der Waals surface area (Å²) < 4.78 is 21.8. The third-order valence-corrected chi connectivity index (χ3v) is 13.4. The van der Waals surface area contributed by atoms with E-state index in [1.165, 1.54) is 0 Å². The zero-order valence-electron chi connectivity index (χ0n) is 50.6. The van der Waals surface area contributed by atoms with Crippen molar-refractivity contribution in [1.29, 1.82) is 0 Å². The molecule has 78 heavy (non-hydrogen) atoms. The SMILES string of the molecule is CCCCCC(OC(=O)C[N+](C)(C)OC(=O)CCC)C(O)C/C=C\CCCCCCCC(=O)OCCCCCCCCCCOC(=O)CCCCCCC/C=C\CC(O)C(CCCCC)OC(=O)C[N+](C)(C)OC(=O)CCC. The first-order chi connectivity index (χ1) is 37.4. The van der Waals surface area contributed by atoms with Gasteiger partial charge in [0.05, 0.1) is 38.3 Å². The second kappa shape index (κ2) is 49.0. The third kappa shape index (κ3) is 45.9. The summed E-state index contributed by atoms with van der Waals surface area (Å²) in [6.07, 6.45) is 35.9. The fourth-order valence-corrected chi connectivity index (χ4v) is 8.92. The van der Waals surface area contributed by atoms with Crippen LogP contribution in [0.3, 0.4) is 0 Å². The molecule has 4 unspecified atom stereocenters. The second-order valence-electron chi connectivity index (χ2n) is 22.4. The Morgan fingerprint density at radius 2 is 0.705 bits per heavy atom. The summed E-state index contributed by atoms with van der Waals surface area (Å²) in [6.45, 7) is 8.70. The first kappa shape index (κ1) is 74.1. The molecular weight excluding hydrogens is 997 g/mol. The average molecular weight is 1110 g/mol. The van der Waals surface area contributed by atoms with Gasteiger partial charge < -0.3 is 29.2 Å². The van der Waals surface area contributed by atoms with Gasteiger partial charge in [-0.3, -0.25) is 19.3 Å². The molecule has 4 atom stereocenters. The number of ether oxygens (including phenoxy) is 4. The maximum atomic E-state index is 12.7. The Morgan fingerprint density at radius 1 is 0.372 bits per heavy atom. The number of esters is 4. The standard InChI is InChI=1S/C62H114N2O14/c1-9-13-33-45-55(75-61(71)51-63(5,6)77-59(69)41-11-3)53(65)43-35-27-21-15-17-23-29-37-47-57(67)73-49-39-31-25-19-20-26-32-40-50-74-58(68)48-38-30-24-18-16-22-28-36-44-54(66)56(46-34-14-10-2)76-62(72)52-64(7,8)78-60(70)42-12-4/h27-28,35-36,53-56,65-66H,9-26,29-34,37-52H2,1-8H3/q+2/b35-27-,36-28-. The van der Waals surface area contributed by atoms with E-state index in [0.29, 0.717) is 64.6 Å². The minimum Gasteiger partial charge on any atom is -0.466 e. The number of unbranched alkanes of at least 4 members (excludes halogenated alkanes) is 21. The Kier molecular flexibility index (Phi) is 46.6. The average Bonchev–Trinajstić information content (AvgIpc) is 3.36. The minimum atomic E-state index is -0.807. The zero-order chi connectivity index (χ0) is 58.1. The molecule has 0 aromatic heterocycles. The van der Waals surface area contributed by atoms with E-state index in [-0.39, 0.29) is 59.1 Å². The van der Waals surface area contributed by atoms with Gasteiger partial charge in [-0.25, -0.2) is 19.2 Å². The van der Waals surface area contributed by atoms with Gasteiger partial charge in [-0.2, -0.15) is 0 Å². The quantitative estimate of drug-likeness (QED) is 0.0146. The van der Waals surface area contributed by atoms with Crippen LogP contribution >= 0.6 is 0 Å². The highest BCUT2D eigenvalue weighted by atomic mass is 16.7. The molecule has 16 nitrogen and oxygen atoms in total. The van der Waals surface area contributed by atoms with E-state index in [4.69, 9.17) is 28.6 Å². The van der Waals surface area contributed by atoms with E-state index >= 15 is 0 Å². The fraction of sp³-hybridized carbons (Fsp3) is 0.839. The van der Waals surface area contributed by atoms with Crippen molar-refractivity contribution >= 4 is 35.8 Å². The van der Waals surface area contributed by atoms with Crippen molar-refractivity contribution in [2.24, 2.45) is 0 Å². The highest BCUT2D eigenvalue weighted by molar-refractivity contribution is 5.72. The molecule has 0 rings (SSSR count). The maximum Gasteiger partial charge on any atom is 0.366 e. The monoisotopic (exact) mass is 1110 g/mol. The van der Waals surface area contributed by atoms with Crippen LogP contribution in [0.1, 0.15) is 259 Å². The number of hydrogen-bond donors (Lipinski definition) is 2. The molecule has 0 saturated carbocycles. The molecule has 0 saturated heterocycles. The molecular formula is C62H114N2O14+2. The molecule has 0 bridgehead atoms. The molecule has 0 aliphatic carbocycles. The highest BCUT2D eigenvalue weighted by Crippen LogP contribution is 2.19. The lowest BCUT2D eigenvalue weighted by Gasteiger charge is -2.27. The molecule has 0 aliphatic rings. The van der Waals surface area contributed by atoms with E-state index in [9.17, 15) is 39.0 Å². The van der Waals surface area contributed by atoms with Crippen LogP contribution in [-0.2, 0) is 57.4 Å². The Balaban J connectivity index is 3.92. The molecule has 0 heterocycles. The number of hydrogen-bond acceptors (Lipinski definition) is 14. The Bertz CT molecular complexity index is 1500. The number of rotatable bonds is 53. The molecule has 0 aromatic rings. The smallest absolute Gasteiger partial charge is 0.366 e. The molecule has 0 aliphatic heterocycles. The summed E-state index contributed by atoms with van der Waals surface area (Å²) in [5.74, 6) is -1.95. The van der Waals surface area contributed by atoms with Gasteiger partial charge in [0.15, 0.2) is 0 Å². The van der Waals surface area contributed by atoms with Crippen LogP contribution in [0.5, 0.6) is 0 Å². The van der Waals surface area contributed by atoms with E-state index in [2.05, 4.69) is 26.0 Å². The summed E-state index contributed by atoms with van der Waals surface area (Å²) >= 11 is 0. The lowest BCUT2D eigenvalue weighted by atomic mass is 10.0. The first-order valence-corrected chi connectivity index (χ1v) is 30.9. The molecule has 0 radical (unpaired) electrons. The number of allylic oxidation sites excluding steroid dienone is 2. The largest absolute Gasteiger partial charge is 0.466 e. The van der Waals surface area contributed by atoms with Gasteiger partial charge in [0.25, 0.3) is 0 Å². The van der Waals surface area contributed by atoms with Crippen LogP contribution in [0.15, 0.2) is 24.3 Å². The summed E-state index contributed by atoms with van der Waals surface area (Å²) in [6, 6.07) is 0. The molecule has 2 N–H and O–H groups in total. The van der Waals surface area contributed by atoms with Crippen LogP contribution in [0, 0.1) is 0 Å². The van der Waals surface area contributed by atoms with E-state index < -0.39 is 36.4 Å². The maximum absolute atomic E-state index is 12.7. The van der Waals surface area contributed by atoms with Gasteiger partial charge in [-0.05, 0) is 103 Å². The molecule has 0 amide bonds. The summed E-state index contributed by atoms with van der Waals surface area (Å²) in [5, 5.41) is 21.8. The summed E-state index contributed by atoms with van der Waals surface area (Å²) in [5.41, 5.74) is 0. The van der Waals surface area contributed by atoms with Gasteiger partial charge in [0.1, 0.15) is 40.4 Å². The molecule has 0 aromatic carbocycles.